The van der Waals surface area contributed by atoms with Crippen LogP contribution in [-0.4, -0.2) is 153 Å². The number of hydrogen-bond acceptors (Lipinski definition) is 11. The lowest BCUT2D eigenvalue weighted by atomic mass is 9.85. The number of cyclic esters (lactones) is 1. The smallest absolute Gasteiger partial charge is 0.406 e. The lowest BCUT2D eigenvalue weighted by Gasteiger charge is -2.39. The molecule has 3 amide bonds. The van der Waals surface area contributed by atoms with Gasteiger partial charge in [0.25, 0.3) is 11.8 Å². The maximum absolute atomic E-state index is 14.8. The van der Waals surface area contributed by atoms with Gasteiger partial charge in [-0.2, -0.15) is 13.2 Å². The number of nitrogens with one attached hydrogen (secondary N) is 2. The van der Waals surface area contributed by atoms with Gasteiger partial charge in [0.05, 0.1) is 58.9 Å². The molecule has 72 heavy (non-hydrogen) atoms. The molecule has 2 N–H and O–H groups in total. The van der Waals surface area contributed by atoms with Crippen LogP contribution in [0.5, 0.6) is 0 Å². The van der Waals surface area contributed by atoms with Crippen LogP contribution in [0.2, 0.25) is 0 Å². The van der Waals surface area contributed by atoms with Crippen LogP contribution in [0.3, 0.4) is 0 Å². The molecule has 4 aromatic rings. The number of methoxy groups -OCH3 is 1. The highest BCUT2D eigenvalue weighted by Gasteiger charge is 2.39. The molecule has 15 nitrogen and oxygen atoms in total. The van der Waals surface area contributed by atoms with Gasteiger partial charge in [0, 0.05) is 65.9 Å². The molecule has 4 atom stereocenters. The van der Waals surface area contributed by atoms with Gasteiger partial charge in [-0.15, -0.1) is 0 Å². The van der Waals surface area contributed by atoms with E-state index < -0.39 is 63.9 Å². The fourth-order valence-corrected chi connectivity index (χ4v) is 9.27. The van der Waals surface area contributed by atoms with Gasteiger partial charge in [-0.05, 0) is 102 Å². The molecule has 0 unspecified atom stereocenters. The second-order valence-corrected chi connectivity index (χ2v) is 22.4. The minimum Gasteiger partial charge on any atom is -0.464 e. The summed E-state index contributed by atoms with van der Waals surface area (Å²) < 4.78 is 62.4. The van der Waals surface area contributed by atoms with Gasteiger partial charge in [0.1, 0.15) is 18.6 Å². The van der Waals surface area contributed by atoms with Crippen molar-refractivity contribution < 1.29 is 46.6 Å². The summed E-state index contributed by atoms with van der Waals surface area (Å²) in [6, 6.07) is 12.1. The SMILES string of the molecule is CO[C@](C)([Al])c1ncccc1-c1c2c3nc(ccc3n1CC(F)(F)F)-c1cccc(c1)C[C@H](NC(=O)[C@@H](COC1CN(C(=O)C#CC(C)(C)N(C)C)C1)C(C)C)C(=O)N1CCC[C@H](N1)C(=O)OCC(C)(C)C2. The zero-order chi connectivity index (χ0) is 52.5. The minimum atomic E-state index is -4.62. The zero-order valence-electron chi connectivity index (χ0n) is 42.9. The van der Waals surface area contributed by atoms with E-state index in [4.69, 9.17) is 19.2 Å². The highest BCUT2D eigenvalue weighted by molar-refractivity contribution is 6.15. The molecule has 0 spiro atoms. The van der Waals surface area contributed by atoms with Gasteiger partial charge < -0.3 is 29.0 Å². The molecule has 3 aliphatic rings. The number of benzene rings is 1. The molecule has 2 saturated heterocycles. The molecule has 19 heteroatoms. The summed E-state index contributed by atoms with van der Waals surface area (Å²) in [6.45, 7) is 12.7. The van der Waals surface area contributed by atoms with Crippen LogP contribution in [0.1, 0.15) is 78.1 Å². The van der Waals surface area contributed by atoms with E-state index in [0.29, 0.717) is 65.1 Å². The van der Waals surface area contributed by atoms with Crippen molar-refractivity contribution in [1.82, 2.24) is 40.1 Å². The van der Waals surface area contributed by atoms with Crippen molar-refractivity contribution in [2.75, 3.05) is 54.1 Å². The van der Waals surface area contributed by atoms with Gasteiger partial charge in [0.15, 0.2) is 16.3 Å². The third kappa shape index (κ3) is 12.5. The Morgan fingerprint density at radius 3 is 2.50 bits per heavy atom. The van der Waals surface area contributed by atoms with E-state index >= 15 is 0 Å². The Morgan fingerprint density at radius 2 is 1.82 bits per heavy atom. The van der Waals surface area contributed by atoms with Crippen molar-refractivity contribution >= 4 is 51.0 Å². The van der Waals surface area contributed by atoms with E-state index in [9.17, 15) is 32.3 Å². The largest absolute Gasteiger partial charge is 0.464 e. The van der Waals surface area contributed by atoms with Crippen molar-refractivity contribution in [3.8, 4) is 34.4 Å². The van der Waals surface area contributed by atoms with Crippen LogP contribution in [0, 0.1) is 29.1 Å². The van der Waals surface area contributed by atoms with E-state index in [1.165, 1.54) is 16.7 Å². The number of carbonyl (C=O) groups is 4. The minimum absolute atomic E-state index is 0.0475. The Kier molecular flexibility index (Phi) is 16.4. The van der Waals surface area contributed by atoms with Crippen LogP contribution in [0.15, 0.2) is 54.7 Å². The first-order valence-corrected chi connectivity index (χ1v) is 25.0. The first-order valence-electron chi connectivity index (χ1n) is 24.4. The maximum Gasteiger partial charge on any atom is 0.406 e. The summed E-state index contributed by atoms with van der Waals surface area (Å²) in [4.78, 5) is 69.0. The number of esters is 1. The Balaban J connectivity index is 1.24. The molecule has 6 bridgehead atoms. The first-order chi connectivity index (χ1) is 33.8. The van der Waals surface area contributed by atoms with Crippen LogP contribution in [0.25, 0.3) is 33.5 Å². The van der Waals surface area contributed by atoms with Crippen molar-refractivity contribution in [1.29, 1.82) is 0 Å². The lowest BCUT2D eigenvalue weighted by molar-refractivity contribution is -0.155. The third-order valence-electron chi connectivity index (χ3n) is 14.0. The predicted molar refractivity (Wildman–Crippen MR) is 267 cm³/mol. The molecule has 384 valence electrons. The van der Waals surface area contributed by atoms with Crippen LogP contribution < -0.4 is 10.7 Å². The number of likely N-dealkylation sites (tertiary alicyclic amines) is 1. The van der Waals surface area contributed by atoms with Crippen LogP contribution in [0.4, 0.5) is 13.2 Å². The van der Waals surface area contributed by atoms with Crippen LogP contribution >= 0.6 is 0 Å². The maximum atomic E-state index is 14.8. The molecule has 2 radical (unpaired) electrons. The standard InChI is InChI=1S/C53H66F3N8O7.Al/c1-32(2)39(29-70-36-27-62(28-36)44(65)20-21-52(6,7)61(8)9)48(66)59-42-25-34-14-11-15-35(24-34)40-18-19-43-46(58-40)38(26-51(4,5)31-71-50(68)41-17-13-23-64(60-41)49(42)67)47(63(43)30-53(54,55)56)37-16-12-22-57-45(37)33(3)69-10;/h11-12,14-16,18-19,22,24,32,36,39,41-42,60H,13,17,23,25-31H2,1-10H3,(H,59,66);/t39-,41-,42-;/m0./s1. The van der Waals surface area contributed by atoms with Crippen molar-refractivity contribution in [3.63, 3.8) is 0 Å². The number of halogens is 3. The van der Waals surface area contributed by atoms with E-state index in [2.05, 4.69) is 43.9 Å². The number of ether oxygens (including phenoxy) is 3. The number of nitrogens with zero attached hydrogens (tertiary/aromatic N) is 6. The molecule has 0 aliphatic carbocycles. The summed E-state index contributed by atoms with van der Waals surface area (Å²) >= 11 is 2.60. The Hall–Kier alpha value is -5.34. The molecular weight excluding hydrogens is 945 g/mol. The quantitative estimate of drug-likeness (QED) is 0.106. The number of amides is 3. The molecule has 3 aliphatic heterocycles. The monoisotopic (exact) mass is 1010 g/mol. The third-order valence-corrected chi connectivity index (χ3v) is 14.5. The summed E-state index contributed by atoms with van der Waals surface area (Å²) in [5.74, 6) is 3.17. The van der Waals surface area contributed by atoms with Gasteiger partial charge in [-0.1, -0.05) is 51.8 Å². The van der Waals surface area contributed by atoms with Crippen molar-refractivity contribution in [2.24, 2.45) is 17.3 Å². The number of rotatable bonds is 11. The second kappa shape index (κ2) is 21.6. The van der Waals surface area contributed by atoms with E-state index in [-0.39, 0.29) is 61.7 Å². The number of carbonyl (C=O) groups excluding carboxylic acids is 4. The molecular formula is C53H66AlF3N8O7. The number of hydrogen-bond donors (Lipinski definition) is 2. The average molecular weight is 1010 g/mol. The number of alkyl halides is 3. The highest BCUT2D eigenvalue weighted by atomic mass is 27.0. The van der Waals surface area contributed by atoms with Gasteiger partial charge >= 0.3 is 12.1 Å². The predicted octanol–water partition coefficient (Wildman–Crippen LogP) is 5.81. The first kappa shape index (κ1) is 54.4. The average Bonchev–Trinajstić information content (AvgIpc) is 3.59. The summed E-state index contributed by atoms with van der Waals surface area (Å²) in [5.41, 5.74) is 5.73. The number of aromatic nitrogens is 3. The lowest BCUT2D eigenvalue weighted by Crippen LogP contribution is -2.61. The van der Waals surface area contributed by atoms with Crippen molar-refractivity contribution in [2.45, 2.75) is 115 Å². The highest BCUT2D eigenvalue weighted by Crippen LogP contribution is 2.42. The molecule has 0 saturated carbocycles. The molecule has 7 rings (SSSR count). The molecule has 3 aromatic heterocycles. The Labute approximate surface area is 428 Å². The normalized spacial score (nSPS) is 20.3. The fourth-order valence-electron chi connectivity index (χ4n) is 9.04. The van der Waals surface area contributed by atoms with E-state index in [1.807, 2.05) is 84.8 Å². The van der Waals surface area contributed by atoms with E-state index in [0.717, 1.165) is 0 Å². The topological polar surface area (TPSA) is 160 Å². The van der Waals surface area contributed by atoms with E-state index in [1.54, 1.807) is 42.3 Å². The van der Waals surface area contributed by atoms with Crippen molar-refractivity contribution in [3.05, 3.63) is 71.5 Å². The molecule has 2 fully saturated rings. The summed E-state index contributed by atoms with van der Waals surface area (Å²) in [6.07, 6.45) is -2.30. The second-order valence-electron chi connectivity index (χ2n) is 21.3. The van der Waals surface area contributed by atoms with Crippen LogP contribution in [-0.2, 0) is 57.2 Å². The number of hydrazine groups is 1. The fraction of sp³-hybridized carbons (Fsp3) is 0.547. The molecule has 1 aromatic carbocycles. The number of pyridine rings is 2. The Bertz CT molecular complexity index is 2740. The van der Waals surface area contributed by atoms with Gasteiger partial charge in [-0.25, -0.2) is 10.4 Å². The summed E-state index contributed by atoms with van der Waals surface area (Å²) in [7, 11) is 5.29. The number of fused-ring (bicyclic) bond motifs is 6. The summed E-state index contributed by atoms with van der Waals surface area (Å²) in [5, 5.41) is 4.41. The van der Waals surface area contributed by atoms with Gasteiger partial charge in [0.2, 0.25) is 5.91 Å². The Morgan fingerprint density at radius 1 is 1.08 bits per heavy atom. The molecule has 6 heterocycles. The zero-order valence-corrected chi connectivity index (χ0v) is 44.1. The van der Waals surface area contributed by atoms with Gasteiger partial charge in [-0.3, -0.25) is 34.1 Å².